The third-order valence-corrected chi connectivity index (χ3v) is 3.41. The first-order chi connectivity index (χ1) is 8.92. The van der Waals surface area contributed by atoms with E-state index in [4.69, 9.17) is 14.6 Å². The molecule has 1 aromatic carbocycles. The maximum Gasteiger partial charge on any atom is 0.303 e. The van der Waals surface area contributed by atoms with Crippen LogP contribution in [0.25, 0.3) is 0 Å². The summed E-state index contributed by atoms with van der Waals surface area (Å²) in [6.45, 7) is 5.96. The minimum Gasteiger partial charge on any atom is -0.496 e. The minimum absolute atomic E-state index is 0.0722. The molecule has 0 aliphatic heterocycles. The first-order valence-electron chi connectivity index (χ1n) is 6.35. The zero-order chi connectivity index (χ0) is 14.6. The summed E-state index contributed by atoms with van der Waals surface area (Å²) in [4.78, 5) is 11.0. The summed E-state index contributed by atoms with van der Waals surface area (Å²) in [6.07, 6.45) is 0.0970. The van der Waals surface area contributed by atoms with Crippen molar-refractivity contribution < 1.29 is 19.4 Å². The predicted molar refractivity (Wildman–Crippen MR) is 74.1 cm³/mol. The first-order valence-corrected chi connectivity index (χ1v) is 6.35. The number of benzene rings is 1. The summed E-state index contributed by atoms with van der Waals surface area (Å²) in [5.74, 6) is 0.821. The molecule has 106 valence electrons. The van der Waals surface area contributed by atoms with Gasteiger partial charge in [0.05, 0.1) is 20.6 Å². The standard InChI is InChI=1S/C15H22O4/c1-9(2)12(8-14(16)17)11-6-7-13(18-4)10(3)15(11)19-5/h6-7,9,12H,8H2,1-5H3,(H,16,17). The van der Waals surface area contributed by atoms with Gasteiger partial charge in [0, 0.05) is 11.5 Å². The highest BCUT2D eigenvalue weighted by molar-refractivity contribution is 5.68. The van der Waals surface area contributed by atoms with Crippen molar-refractivity contribution in [2.75, 3.05) is 14.2 Å². The van der Waals surface area contributed by atoms with E-state index >= 15 is 0 Å². The van der Waals surface area contributed by atoms with Crippen LogP contribution in [0.15, 0.2) is 12.1 Å². The van der Waals surface area contributed by atoms with Gasteiger partial charge in [0.15, 0.2) is 0 Å². The van der Waals surface area contributed by atoms with Gasteiger partial charge in [-0.05, 0) is 24.5 Å². The van der Waals surface area contributed by atoms with E-state index in [1.54, 1.807) is 14.2 Å². The van der Waals surface area contributed by atoms with Crippen LogP contribution >= 0.6 is 0 Å². The van der Waals surface area contributed by atoms with Crippen molar-refractivity contribution in [3.05, 3.63) is 23.3 Å². The number of rotatable bonds is 6. The molecule has 4 nitrogen and oxygen atoms in total. The van der Waals surface area contributed by atoms with Crippen LogP contribution in [-0.2, 0) is 4.79 Å². The Morgan fingerprint density at radius 3 is 2.32 bits per heavy atom. The van der Waals surface area contributed by atoms with Crippen molar-refractivity contribution in [3.63, 3.8) is 0 Å². The Bertz CT molecular complexity index is 452. The zero-order valence-corrected chi connectivity index (χ0v) is 12.2. The number of hydrogen-bond acceptors (Lipinski definition) is 3. The van der Waals surface area contributed by atoms with Crippen molar-refractivity contribution in [2.45, 2.75) is 33.1 Å². The Kier molecular flexibility index (Phi) is 5.21. The topological polar surface area (TPSA) is 55.8 Å². The van der Waals surface area contributed by atoms with Crippen LogP contribution in [0.2, 0.25) is 0 Å². The van der Waals surface area contributed by atoms with Crippen molar-refractivity contribution in [1.29, 1.82) is 0 Å². The molecule has 1 rings (SSSR count). The van der Waals surface area contributed by atoms with Crippen LogP contribution in [-0.4, -0.2) is 25.3 Å². The van der Waals surface area contributed by atoms with Gasteiger partial charge in [0.1, 0.15) is 11.5 Å². The number of carboxylic acid groups (broad SMARTS) is 1. The van der Waals surface area contributed by atoms with Gasteiger partial charge in [0.25, 0.3) is 0 Å². The highest BCUT2D eigenvalue weighted by atomic mass is 16.5. The molecule has 0 radical (unpaired) electrons. The predicted octanol–water partition coefficient (Wildman–Crippen LogP) is 3.23. The first kappa shape index (κ1) is 15.3. The van der Waals surface area contributed by atoms with E-state index in [-0.39, 0.29) is 18.3 Å². The molecule has 1 aromatic rings. The molecule has 0 saturated heterocycles. The van der Waals surface area contributed by atoms with Crippen LogP contribution in [0.1, 0.15) is 37.3 Å². The summed E-state index contributed by atoms with van der Waals surface area (Å²) >= 11 is 0. The zero-order valence-electron chi connectivity index (χ0n) is 12.2. The molecule has 1 N–H and O–H groups in total. The van der Waals surface area contributed by atoms with Crippen LogP contribution in [0.4, 0.5) is 0 Å². The van der Waals surface area contributed by atoms with Gasteiger partial charge in [-0.2, -0.15) is 0 Å². The molecule has 4 heteroatoms. The second kappa shape index (κ2) is 6.45. The van der Waals surface area contributed by atoms with Crippen molar-refractivity contribution in [2.24, 2.45) is 5.92 Å². The third kappa shape index (κ3) is 3.40. The lowest BCUT2D eigenvalue weighted by Crippen LogP contribution is -2.14. The van der Waals surface area contributed by atoms with Crippen LogP contribution in [0.5, 0.6) is 11.5 Å². The van der Waals surface area contributed by atoms with E-state index in [1.807, 2.05) is 32.9 Å². The number of ether oxygens (including phenoxy) is 2. The smallest absolute Gasteiger partial charge is 0.303 e. The number of carbonyl (C=O) groups is 1. The Hall–Kier alpha value is -1.71. The van der Waals surface area contributed by atoms with Gasteiger partial charge in [-0.3, -0.25) is 4.79 Å². The summed E-state index contributed by atoms with van der Waals surface area (Å²) in [5.41, 5.74) is 1.83. The van der Waals surface area contributed by atoms with E-state index in [2.05, 4.69) is 0 Å². The molecule has 0 bridgehead atoms. The molecule has 0 spiro atoms. The number of carboxylic acids is 1. The Morgan fingerprint density at radius 2 is 1.89 bits per heavy atom. The minimum atomic E-state index is -0.797. The highest BCUT2D eigenvalue weighted by Crippen LogP contribution is 2.39. The molecule has 0 aliphatic carbocycles. The molecular formula is C15H22O4. The normalized spacial score (nSPS) is 12.3. The fraction of sp³-hybridized carbons (Fsp3) is 0.533. The van der Waals surface area contributed by atoms with E-state index in [1.165, 1.54) is 0 Å². The molecule has 0 amide bonds. The van der Waals surface area contributed by atoms with Crippen molar-refractivity contribution in [1.82, 2.24) is 0 Å². The van der Waals surface area contributed by atoms with E-state index in [0.717, 1.165) is 22.6 Å². The molecule has 19 heavy (non-hydrogen) atoms. The fourth-order valence-electron chi connectivity index (χ4n) is 2.37. The van der Waals surface area contributed by atoms with E-state index < -0.39 is 5.97 Å². The average molecular weight is 266 g/mol. The molecule has 1 atom stereocenters. The summed E-state index contributed by atoms with van der Waals surface area (Å²) < 4.78 is 10.7. The van der Waals surface area contributed by atoms with Gasteiger partial charge >= 0.3 is 5.97 Å². The van der Waals surface area contributed by atoms with Gasteiger partial charge in [-0.25, -0.2) is 0 Å². The lowest BCUT2D eigenvalue weighted by Gasteiger charge is -2.23. The largest absolute Gasteiger partial charge is 0.496 e. The monoisotopic (exact) mass is 266 g/mol. The fourth-order valence-corrected chi connectivity index (χ4v) is 2.37. The lowest BCUT2D eigenvalue weighted by atomic mass is 9.84. The Morgan fingerprint density at radius 1 is 1.26 bits per heavy atom. The highest BCUT2D eigenvalue weighted by Gasteiger charge is 2.24. The van der Waals surface area contributed by atoms with E-state index in [9.17, 15) is 4.79 Å². The van der Waals surface area contributed by atoms with Crippen molar-refractivity contribution >= 4 is 5.97 Å². The van der Waals surface area contributed by atoms with Crippen LogP contribution in [0.3, 0.4) is 0 Å². The Balaban J connectivity index is 3.30. The summed E-state index contributed by atoms with van der Waals surface area (Å²) in [7, 11) is 3.21. The third-order valence-electron chi connectivity index (χ3n) is 3.41. The maximum atomic E-state index is 11.0. The van der Waals surface area contributed by atoms with Gasteiger partial charge in [-0.15, -0.1) is 0 Å². The molecule has 0 fully saturated rings. The molecule has 0 saturated carbocycles. The summed E-state index contributed by atoms with van der Waals surface area (Å²) in [5, 5.41) is 9.06. The molecular weight excluding hydrogens is 244 g/mol. The molecule has 0 heterocycles. The number of methoxy groups -OCH3 is 2. The van der Waals surface area contributed by atoms with Crippen LogP contribution in [0, 0.1) is 12.8 Å². The average Bonchev–Trinajstić information content (AvgIpc) is 2.35. The number of hydrogen-bond donors (Lipinski definition) is 1. The van der Waals surface area contributed by atoms with Gasteiger partial charge in [0.2, 0.25) is 0 Å². The van der Waals surface area contributed by atoms with Gasteiger partial charge in [-0.1, -0.05) is 19.9 Å². The SMILES string of the molecule is COc1ccc(C(CC(=O)O)C(C)C)c(OC)c1C. The summed E-state index contributed by atoms with van der Waals surface area (Å²) in [6, 6.07) is 3.77. The molecule has 1 unspecified atom stereocenters. The maximum absolute atomic E-state index is 11.0. The Labute approximate surface area is 114 Å². The van der Waals surface area contributed by atoms with Gasteiger partial charge < -0.3 is 14.6 Å². The van der Waals surface area contributed by atoms with Crippen molar-refractivity contribution in [3.8, 4) is 11.5 Å². The van der Waals surface area contributed by atoms with Crippen LogP contribution < -0.4 is 9.47 Å². The second-order valence-corrected chi connectivity index (χ2v) is 4.96. The molecule has 0 aliphatic rings. The molecule has 0 aromatic heterocycles. The number of aliphatic carboxylic acids is 1. The second-order valence-electron chi connectivity index (χ2n) is 4.96. The van der Waals surface area contributed by atoms with E-state index in [0.29, 0.717) is 0 Å². The quantitative estimate of drug-likeness (QED) is 0.859. The lowest BCUT2D eigenvalue weighted by molar-refractivity contribution is -0.137.